The van der Waals surface area contributed by atoms with E-state index in [-0.39, 0.29) is 12.1 Å². The summed E-state index contributed by atoms with van der Waals surface area (Å²) >= 11 is 0. The lowest BCUT2D eigenvalue weighted by atomic mass is 9.78. The topological polar surface area (TPSA) is 26.3 Å². The summed E-state index contributed by atoms with van der Waals surface area (Å²) in [5.74, 6) is 1.14. The van der Waals surface area contributed by atoms with E-state index in [1.165, 1.54) is 32.6 Å². The van der Waals surface area contributed by atoms with Gasteiger partial charge in [0.15, 0.2) is 0 Å². The zero-order chi connectivity index (χ0) is 9.84. The Hall–Kier alpha value is -0.530. The van der Waals surface area contributed by atoms with Gasteiger partial charge in [-0.25, -0.2) is 0 Å². The third kappa shape index (κ3) is 3.02. The fourth-order valence-corrected chi connectivity index (χ4v) is 2.39. The summed E-state index contributed by atoms with van der Waals surface area (Å²) in [6.07, 6.45) is 5.24. The van der Waals surface area contributed by atoms with Crippen molar-refractivity contribution in [3.63, 3.8) is 0 Å². The molecule has 0 heterocycles. The molecule has 1 rings (SSSR count). The minimum absolute atomic E-state index is 0.104. The Morgan fingerprint density at radius 3 is 2.54 bits per heavy atom. The van der Waals surface area contributed by atoms with Gasteiger partial charge in [0.05, 0.1) is 0 Å². The third-order valence-electron chi connectivity index (χ3n) is 3.13. The quantitative estimate of drug-likeness (QED) is 0.617. The largest absolute Gasteiger partial charge is 0.463 e. The molecule has 2 nitrogen and oxygen atoms in total. The van der Waals surface area contributed by atoms with Crippen molar-refractivity contribution in [3.05, 3.63) is 0 Å². The second-order valence-electron chi connectivity index (χ2n) is 4.24. The molecule has 0 amide bonds. The molecule has 0 N–H and O–H groups in total. The SMILES string of the molecule is CC(=O)OC(C)C1CCCCC1C. The van der Waals surface area contributed by atoms with Crippen LogP contribution in [0.25, 0.3) is 0 Å². The minimum atomic E-state index is -0.148. The maximum atomic E-state index is 10.8. The van der Waals surface area contributed by atoms with E-state index in [1.807, 2.05) is 6.92 Å². The molecule has 3 unspecified atom stereocenters. The molecule has 0 aromatic rings. The molecule has 76 valence electrons. The van der Waals surface area contributed by atoms with Gasteiger partial charge in [0.1, 0.15) is 6.10 Å². The molecule has 0 bridgehead atoms. The summed E-state index contributed by atoms with van der Waals surface area (Å²) in [5.41, 5.74) is 0. The highest BCUT2D eigenvalue weighted by Gasteiger charge is 2.27. The predicted octanol–water partition coefficient (Wildman–Crippen LogP) is 2.76. The first-order valence-electron chi connectivity index (χ1n) is 5.28. The van der Waals surface area contributed by atoms with Crippen molar-refractivity contribution in [1.82, 2.24) is 0 Å². The summed E-state index contributed by atoms with van der Waals surface area (Å²) in [6.45, 7) is 5.78. The lowest BCUT2D eigenvalue weighted by molar-refractivity contribution is -0.149. The van der Waals surface area contributed by atoms with Crippen molar-refractivity contribution in [3.8, 4) is 0 Å². The van der Waals surface area contributed by atoms with Crippen molar-refractivity contribution in [2.24, 2.45) is 11.8 Å². The molecule has 0 saturated heterocycles. The van der Waals surface area contributed by atoms with Gasteiger partial charge in [-0.2, -0.15) is 0 Å². The van der Waals surface area contributed by atoms with Gasteiger partial charge in [0.2, 0.25) is 0 Å². The molecule has 3 atom stereocenters. The van der Waals surface area contributed by atoms with E-state index in [9.17, 15) is 4.79 Å². The highest BCUT2D eigenvalue weighted by Crippen LogP contribution is 2.32. The molecule has 0 aliphatic heterocycles. The van der Waals surface area contributed by atoms with Gasteiger partial charge < -0.3 is 4.74 Å². The van der Waals surface area contributed by atoms with Gasteiger partial charge in [-0.3, -0.25) is 4.79 Å². The van der Waals surface area contributed by atoms with Gasteiger partial charge >= 0.3 is 5.97 Å². The van der Waals surface area contributed by atoms with Crippen LogP contribution in [-0.2, 0) is 9.53 Å². The van der Waals surface area contributed by atoms with E-state index >= 15 is 0 Å². The van der Waals surface area contributed by atoms with Crippen LogP contribution in [0.2, 0.25) is 0 Å². The number of carbonyl (C=O) groups is 1. The average Bonchev–Trinajstić information content (AvgIpc) is 2.03. The van der Waals surface area contributed by atoms with E-state index < -0.39 is 0 Å². The van der Waals surface area contributed by atoms with E-state index in [1.54, 1.807) is 0 Å². The van der Waals surface area contributed by atoms with Crippen LogP contribution in [0, 0.1) is 11.8 Å². The van der Waals surface area contributed by atoms with Crippen LogP contribution in [0.1, 0.15) is 46.5 Å². The van der Waals surface area contributed by atoms with Crippen molar-refractivity contribution in [2.45, 2.75) is 52.6 Å². The van der Waals surface area contributed by atoms with E-state index in [0.717, 1.165) is 0 Å². The summed E-state index contributed by atoms with van der Waals surface area (Å²) in [7, 11) is 0. The number of hydrogen-bond donors (Lipinski definition) is 0. The minimum Gasteiger partial charge on any atom is -0.463 e. The second-order valence-corrected chi connectivity index (χ2v) is 4.24. The zero-order valence-electron chi connectivity index (χ0n) is 8.88. The highest BCUT2D eigenvalue weighted by atomic mass is 16.5. The molecule has 1 aliphatic carbocycles. The van der Waals surface area contributed by atoms with Gasteiger partial charge in [0.25, 0.3) is 0 Å². The molecule has 0 aromatic heterocycles. The van der Waals surface area contributed by atoms with Crippen molar-refractivity contribution >= 4 is 5.97 Å². The average molecular weight is 184 g/mol. The Morgan fingerprint density at radius 1 is 1.38 bits per heavy atom. The highest BCUT2D eigenvalue weighted by molar-refractivity contribution is 5.66. The van der Waals surface area contributed by atoms with Gasteiger partial charge in [0, 0.05) is 6.92 Å². The summed E-state index contributed by atoms with van der Waals surface area (Å²) < 4.78 is 5.22. The molecule has 0 spiro atoms. The molecular formula is C11H20O2. The number of rotatable bonds is 2. The van der Waals surface area contributed by atoms with E-state index in [2.05, 4.69) is 6.92 Å². The Kier molecular flexibility index (Phi) is 3.76. The number of carbonyl (C=O) groups excluding carboxylic acids is 1. The molecule has 1 saturated carbocycles. The lowest BCUT2D eigenvalue weighted by Crippen LogP contribution is -2.30. The molecule has 1 fully saturated rings. The summed E-state index contributed by atoms with van der Waals surface area (Å²) in [5, 5.41) is 0. The Labute approximate surface area is 80.7 Å². The molecule has 13 heavy (non-hydrogen) atoms. The maximum Gasteiger partial charge on any atom is 0.302 e. The van der Waals surface area contributed by atoms with Crippen molar-refractivity contribution in [2.75, 3.05) is 0 Å². The smallest absolute Gasteiger partial charge is 0.302 e. The van der Waals surface area contributed by atoms with Crippen LogP contribution in [0.3, 0.4) is 0 Å². The Morgan fingerprint density at radius 2 is 2.00 bits per heavy atom. The fraction of sp³-hybridized carbons (Fsp3) is 0.909. The zero-order valence-corrected chi connectivity index (χ0v) is 8.88. The van der Waals surface area contributed by atoms with Crippen LogP contribution in [-0.4, -0.2) is 12.1 Å². The Bertz CT molecular complexity index is 177. The van der Waals surface area contributed by atoms with Crippen LogP contribution in [0.5, 0.6) is 0 Å². The van der Waals surface area contributed by atoms with E-state index in [4.69, 9.17) is 4.74 Å². The molecule has 0 radical (unpaired) electrons. The molecule has 0 aromatic carbocycles. The van der Waals surface area contributed by atoms with Crippen LogP contribution >= 0.6 is 0 Å². The first-order valence-corrected chi connectivity index (χ1v) is 5.28. The van der Waals surface area contributed by atoms with Gasteiger partial charge in [-0.15, -0.1) is 0 Å². The molecular weight excluding hydrogens is 164 g/mol. The van der Waals surface area contributed by atoms with Gasteiger partial charge in [-0.1, -0.05) is 26.2 Å². The summed E-state index contributed by atoms with van der Waals surface area (Å²) in [6, 6.07) is 0. The predicted molar refractivity (Wildman–Crippen MR) is 52.4 cm³/mol. The summed E-state index contributed by atoms with van der Waals surface area (Å²) in [4.78, 5) is 10.8. The van der Waals surface area contributed by atoms with Crippen LogP contribution < -0.4 is 0 Å². The lowest BCUT2D eigenvalue weighted by Gasteiger charge is -2.32. The number of ether oxygens (including phenoxy) is 1. The van der Waals surface area contributed by atoms with Crippen molar-refractivity contribution in [1.29, 1.82) is 0 Å². The molecule has 1 aliphatic rings. The molecule has 2 heteroatoms. The normalized spacial score (nSPS) is 31.0. The fourth-order valence-electron chi connectivity index (χ4n) is 2.39. The van der Waals surface area contributed by atoms with E-state index in [0.29, 0.717) is 11.8 Å². The standard InChI is InChI=1S/C11H20O2/c1-8-6-4-5-7-11(8)9(2)13-10(3)12/h8-9,11H,4-7H2,1-3H3. The van der Waals surface area contributed by atoms with Crippen LogP contribution in [0.4, 0.5) is 0 Å². The first kappa shape index (κ1) is 10.6. The third-order valence-corrected chi connectivity index (χ3v) is 3.13. The Balaban J connectivity index is 2.43. The second kappa shape index (κ2) is 4.64. The van der Waals surface area contributed by atoms with Crippen molar-refractivity contribution < 1.29 is 9.53 Å². The monoisotopic (exact) mass is 184 g/mol. The van der Waals surface area contributed by atoms with Crippen LogP contribution in [0.15, 0.2) is 0 Å². The maximum absolute atomic E-state index is 10.8. The number of hydrogen-bond acceptors (Lipinski definition) is 2. The van der Waals surface area contributed by atoms with Gasteiger partial charge in [-0.05, 0) is 25.2 Å². The first-order chi connectivity index (χ1) is 6.11. The number of esters is 1.